The molecule has 1 aromatic heterocycles. The second kappa shape index (κ2) is 6.43. The zero-order valence-corrected chi connectivity index (χ0v) is 13.1. The van der Waals surface area contributed by atoms with Crippen molar-refractivity contribution in [2.45, 2.75) is 52.5 Å². The number of aryl methyl sites for hydroxylation is 1. The Bertz CT molecular complexity index is 544. The first-order chi connectivity index (χ1) is 9.99. The number of Topliss-reactive ketones (excluding diaryl/α,β-unsaturated/α-hetero) is 1. The van der Waals surface area contributed by atoms with E-state index in [-0.39, 0.29) is 17.7 Å². The monoisotopic (exact) mass is 291 g/mol. The third kappa shape index (κ3) is 3.35. The summed E-state index contributed by atoms with van der Waals surface area (Å²) in [7, 11) is 0. The number of nitrogens with two attached hydrogens (primary N) is 1. The minimum Gasteiger partial charge on any atom is -0.354 e. The highest BCUT2D eigenvalue weighted by Crippen LogP contribution is 2.32. The van der Waals surface area contributed by atoms with E-state index < -0.39 is 0 Å². The highest BCUT2D eigenvalue weighted by Gasteiger charge is 2.32. The normalized spacial score (nSPS) is 15.8. The number of aromatic amines is 1. The van der Waals surface area contributed by atoms with Gasteiger partial charge in [0.15, 0.2) is 5.78 Å². The molecule has 1 heterocycles. The Hall–Kier alpha value is -1.62. The van der Waals surface area contributed by atoms with Gasteiger partial charge in [0.2, 0.25) is 0 Å². The molecule has 0 spiro atoms. The molecule has 2 rings (SSSR count). The smallest absolute Gasteiger partial charge is 0.268 e. The highest BCUT2D eigenvalue weighted by atomic mass is 16.2. The van der Waals surface area contributed by atoms with Gasteiger partial charge in [-0.3, -0.25) is 9.59 Å². The number of ketones is 1. The van der Waals surface area contributed by atoms with Crippen molar-refractivity contribution in [3.63, 3.8) is 0 Å². The number of aromatic nitrogens is 1. The second-order valence-corrected chi connectivity index (χ2v) is 5.94. The number of carbonyl (C=O) groups is 2. The predicted molar refractivity (Wildman–Crippen MR) is 82.6 cm³/mol. The standard InChI is InChI=1S/C16H25N3O2/c1-4-5-12-14(10(3)20)9(2)18-15(12)16(21)19-13(8-17)11-6-7-11/h11,13,18H,4-8,17H2,1-3H3,(H,19,21). The number of nitrogens with one attached hydrogen (secondary N) is 2. The summed E-state index contributed by atoms with van der Waals surface area (Å²) in [6, 6.07) is 0.0383. The Labute approximate surface area is 125 Å². The lowest BCUT2D eigenvalue weighted by Crippen LogP contribution is -2.42. The zero-order chi connectivity index (χ0) is 15.6. The SMILES string of the molecule is CCCc1c(C(=O)NC(CN)C2CC2)[nH]c(C)c1C(C)=O. The maximum Gasteiger partial charge on any atom is 0.268 e. The van der Waals surface area contributed by atoms with Gasteiger partial charge >= 0.3 is 0 Å². The molecule has 1 aliphatic rings. The van der Waals surface area contributed by atoms with Gasteiger partial charge in [-0.25, -0.2) is 0 Å². The minimum absolute atomic E-state index is 0.00353. The van der Waals surface area contributed by atoms with Crippen LogP contribution in [0.15, 0.2) is 0 Å². The van der Waals surface area contributed by atoms with Gasteiger partial charge in [-0.15, -0.1) is 0 Å². The molecule has 0 bridgehead atoms. The van der Waals surface area contributed by atoms with Crippen LogP contribution in [-0.2, 0) is 6.42 Å². The van der Waals surface area contributed by atoms with Gasteiger partial charge in [-0.2, -0.15) is 0 Å². The van der Waals surface area contributed by atoms with Crippen molar-refractivity contribution in [2.75, 3.05) is 6.54 Å². The molecule has 116 valence electrons. The average Bonchev–Trinajstić information content (AvgIpc) is 3.20. The lowest BCUT2D eigenvalue weighted by Gasteiger charge is -2.16. The molecule has 0 aliphatic heterocycles. The van der Waals surface area contributed by atoms with Gasteiger partial charge in [0, 0.05) is 23.8 Å². The van der Waals surface area contributed by atoms with Crippen LogP contribution in [0.4, 0.5) is 0 Å². The fourth-order valence-electron chi connectivity index (χ4n) is 2.96. The van der Waals surface area contributed by atoms with E-state index in [9.17, 15) is 9.59 Å². The van der Waals surface area contributed by atoms with Crippen LogP contribution in [0.2, 0.25) is 0 Å². The fraction of sp³-hybridized carbons (Fsp3) is 0.625. The first-order valence-corrected chi connectivity index (χ1v) is 7.72. The summed E-state index contributed by atoms with van der Waals surface area (Å²) in [6.45, 7) is 5.89. The third-order valence-corrected chi connectivity index (χ3v) is 4.13. The van der Waals surface area contributed by atoms with E-state index in [1.54, 1.807) is 6.92 Å². The molecule has 21 heavy (non-hydrogen) atoms. The summed E-state index contributed by atoms with van der Waals surface area (Å²) in [5, 5.41) is 3.02. The van der Waals surface area contributed by atoms with Crippen LogP contribution in [0, 0.1) is 12.8 Å². The average molecular weight is 291 g/mol. The molecule has 5 nitrogen and oxygen atoms in total. The lowest BCUT2D eigenvalue weighted by molar-refractivity contribution is 0.0928. The van der Waals surface area contributed by atoms with Crippen molar-refractivity contribution < 1.29 is 9.59 Å². The summed E-state index contributed by atoms with van der Waals surface area (Å²) in [6.07, 6.45) is 3.87. The molecular formula is C16H25N3O2. The molecule has 1 aromatic rings. The Kier molecular flexibility index (Phi) is 4.83. The van der Waals surface area contributed by atoms with Gasteiger partial charge in [0.05, 0.1) is 0 Å². The molecule has 4 N–H and O–H groups in total. The molecule has 0 aromatic carbocycles. The van der Waals surface area contributed by atoms with Crippen molar-refractivity contribution in [2.24, 2.45) is 11.7 Å². The summed E-state index contributed by atoms with van der Waals surface area (Å²) < 4.78 is 0. The Morgan fingerprint density at radius 2 is 2.10 bits per heavy atom. The van der Waals surface area contributed by atoms with Crippen molar-refractivity contribution in [1.82, 2.24) is 10.3 Å². The molecule has 1 fully saturated rings. The van der Waals surface area contributed by atoms with Crippen LogP contribution in [0.3, 0.4) is 0 Å². The third-order valence-electron chi connectivity index (χ3n) is 4.13. The van der Waals surface area contributed by atoms with Gasteiger partial charge < -0.3 is 16.0 Å². The molecule has 1 amide bonds. The van der Waals surface area contributed by atoms with Crippen LogP contribution in [-0.4, -0.2) is 29.3 Å². The number of H-pyrrole nitrogens is 1. The molecule has 1 aliphatic carbocycles. The van der Waals surface area contributed by atoms with E-state index in [1.807, 2.05) is 13.8 Å². The van der Waals surface area contributed by atoms with Crippen LogP contribution in [0.1, 0.15) is 65.2 Å². The number of carbonyl (C=O) groups excluding carboxylic acids is 2. The Morgan fingerprint density at radius 1 is 1.43 bits per heavy atom. The zero-order valence-electron chi connectivity index (χ0n) is 13.1. The van der Waals surface area contributed by atoms with E-state index in [2.05, 4.69) is 10.3 Å². The van der Waals surface area contributed by atoms with Gasteiger partial charge in [0.25, 0.3) is 5.91 Å². The highest BCUT2D eigenvalue weighted by molar-refractivity contribution is 6.02. The van der Waals surface area contributed by atoms with Crippen LogP contribution in [0.5, 0.6) is 0 Å². The first kappa shape index (κ1) is 15.8. The van der Waals surface area contributed by atoms with E-state index in [4.69, 9.17) is 5.73 Å². The van der Waals surface area contributed by atoms with E-state index in [0.29, 0.717) is 23.7 Å². The van der Waals surface area contributed by atoms with E-state index in [0.717, 1.165) is 36.9 Å². The topological polar surface area (TPSA) is 88.0 Å². The molecule has 5 heteroatoms. The summed E-state index contributed by atoms with van der Waals surface area (Å²) in [4.78, 5) is 27.4. The fourth-order valence-corrected chi connectivity index (χ4v) is 2.96. The molecular weight excluding hydrogens is 266 g/mol. The van der Waals surface area contributed by atoms with Crippen molar-refractivity contribution >= 4 is 11.7 Å². The van der Waals surface area contributed by atoms with Crippen LogP contribution in [0.25, 0.3) is 0 Å². The van der Waals surface area contributed by atoms with Gasteiger partial charge in [-0.1, -0.05) is 13.3 Å². The molecule has 1 atom stereocenters. The largest absolute Gasteiger partial charge is 0.354 e. The van der Waals surface area contributed by atoms with Gasteiger partial charge in [0.1, 0.15) is 5.69 Å². The minimum atomic E-state index is -0.142. The lowest BCUT2D eigenvalue weighted by atomic mass is 10.0. The van der Waals surface area contributed by atoms with Crippen molar-refractivity contribution in [3.05, 3.63) is 22.5 Å². The van der Waals surface area contributed by atoms with Crippen LogP contribution < -0.4 is 11.1 Å². The Balaban J connectivity index is 2.27. The summed E-state index contributed by atoms with van der Waals surface area (Å²) >= 11 is 0. The predicted octanol–water partition coefficient (Wildman–Crippen LogP) is 1.95. The van der Waals surface area contributed by atoms with Gasteiger partial charge in [-0.05, 0) is 44.6 Å². The number of hydrogen-bond donors (Lipinski definition) is 3. The van der Waals surface area contributed by atoms with Crippen LogP contribution >= 0.6 is 0 Å². The maximum atomic E-state index is 12.5. The number of amides is 1. The number of hydrogen-bond acceptors (Lipinski definition) is 3. The van der Waals surface area contributed by atoms with Crippen molar-refractivity contribution in [3.8, 4) is 0 Å². The molecule has 1 unspecified atom stereocenters. The van der Waals surface area contributed by atoms with Crippen molar-refractivity contribution in [1.29, 1.82) is 0 Å². The molecule has 1 saturated carbocycles. The first-order valence-electron chi connectivity index (χ1n) is 7.72. The summed E-state index contributed by atoms with van der Waals surface area (Å²) in [5.41, 5.74) is 8.54. The molecule has 0 saturated heterocycles. The number of rotatable bonds is 7. The second-order valence-electron chi connectivity index (χ2n) is 5.94. The van der Waals surface area contributed by atoms with E-state index in [1.165, 1.54) is 0 Å². The molecule has 0 radical (unpaired) electrons. The van der Waals surface area contributed by atoms with E-state index >= 15 is 0 Å². The quantitative estimate of drug-likeness (QED) is 0.671. The summed E-state index contributed by atoms with van der Waals surface area (Å²) in [5.74, 6) is 0.372. The Morgan fingerprint density at radius 3 is 2.57 bits per heavy atom. The maximum absolute atomic E-state index is 12.5.